The number of halogens is 1. The van der Waals surface area contributed by atoms with E-state index < -0.39 is 10.1 Å². The highest BCUT2D eigenvalue weighted by atomic mass is 35.5. The summed E-state index contributed by atoms with van der Waals surface area (Å²) in [4.78, 5) is 14.9. The van der Waals surface area contributed by atoms with E-state index in [9.17, 15) is 13.2 Å². The van der Waals surface area contributed by atoms with Crippen molar-refractivity contribution in [2.24, 2.45) is 0 Å². The fraction of sp³-hybridized carbons (Fsp3) is 0.381. The van der Waals surface area contributed by atoms with Crippen LogP contribution in [-0.2, 0) is 21.4 Å². The first-order chi connectivity index (χ1) is 13.9. The number of hydrogen-bond donors (Lipinski definition) is 0. The van der Waals surface area contributed by atoms with Crippen LogP contribution in [0.25, 0.3) is 0 Å². The van der Waals surface area contributed by atoms with E-state index in [2.05, 4.69) is 0 Å². The van der Waals surface area contributed by atoms with Crippen molar-refractivity contribution in [3.63, 3.8) is 0 Å². The lowest BCUT2D eigenvalue weighted by Crippen LogP contribution is -2.37. The summed E-state index contributed by atoms with van der Waals surface area (Å²) in [6, 6.07) is 13.7. The van der Waals surface area contributed by atoms with Crippen LogP contribution in [0.1, 0.15) is 35.7 Å². The molecule has 3 rings (SSSR count). The molecule has 1 amide bonds. The first kappa shape index (κ1) is 21.6. The molecule has 2 aromatic carbocycles. The molecule has 0 aromatic heterocycles. The molecule has 1 unspecified atom stereocenters. The number of carbonyl (C=O) groups is 1. The lowest BCUT2D eigenvalue weighted by Gasteiger charge is -2.26. The van der Waals surface area contributed by atoms with Gasteiger partial charge in [0.05, 0.1) is 22.4 Å². The number of hydrogen-bond acceptors (Lipinski definition) is 5. The fourth-order valence-corrected chi connectivity index (χ4v) is 3.91. The van der Waals surface area contributed by atoms with E-state index >= 15 is 0 Å². The maximum atomic E-state index is 13.2. The lowest BCUT2D eigenvalue weighted by atomic mass is 10.1. The zero-order valence-electron chi connectivity index (χ0n) is 16.2. The molecule has 0 spiro atoms. The number of benzene rings is 2. The minimum Gasteiger partial charge on any atom is -0.382 e. The predicted molar refractivity (Wildman–Crippen MR) is 112 cm³/mol. The van der Waals surface area contributed by atoms with Gasteiger partial charge in [0.15, 0.2) is 0 Å². The summed E-state index contributed by atoms with van der Waals surface area (Å²) in [6.07, 6.45) is 1.84. The first-order valence-corrected chi connectivity index (χ1v) is 11.5. The predicted octanol–water partition coefficient (Wildman–Crippen LogP) is 3.89. The summed E-state index contributed by atoms with van der Waals surface area (Å²) in [5.41, 5.74) is 1.18. The molecule has 1 aliphatic rings. The third-order valence-corrected chi connectivity index (χ3v) is 6.17. The summed E-state index contributed by atoms with van der Waals surface area (Å²) in [6.45, 7) is 2.93. The van der Waals surface area contributed by atoms with Gasteiger partial charge in [0.2, 0.25) is 0 Å². The van der Waals surface area contributed by atoms with Gasteiger partial charge in [-0.15, -0.1) is 0 Å². The molecule has 29 heavy (non-hydrogen) atoms. The Hall–Kier alpha value is -2.09. The number of amides is 1. The Balaban J connectivity index is 1.83. The number of carbonyl (C=O) groups excluding carboxylic acids is 1. The van der Waals surface area contributed by atoms with E-state index in [1.165, 1.54) is 6.92 Å². The summed E-state index contributed by atoms with van der Waals surface area (Å²) < 4.78 is 34.3. The van der Waals surface area contributed by atoms with Gasteiger partial charge in [-0.25, -0.2) is 0 Å². The maximum Gasteiger partial charge on any atom is 0.308 e. The monoisotopic (exact) mass is 437 g/mol. The minimum absolute atomic E-state index is 0.0265. The van der Waals surface area contributed by atoms with Crippen molar-refractivity contribution in [3.05, 3.63) is 64.7 Å². The Morgan fingerprint density at radius 3 is 2.72 bits per heavy atom. The van der Waals surface area contributed by atoms with E-state index in [0.717, 1.165) is 18.4 Å². The van der Waals surface area contributed by atoms with Gasteiger partial charge in [-0.3, -0.25) is 4.79 Å². The molecule has 0 bridgehead atoms. The Bertz CT molecular complexity index is 957. The topological polar surface area (TPSA) is 72.9 Å². The fourth-order valence-electron chi connectivity index (χ4n) is 3.18. The molecule has 0 N–H and O–H groups in total. The highest BCUT2D eigenvalue weighted by molar-refractivity contribution is 7.87. The van der Waals surface area contributed by atoms with E-state index in [1.54, 1.807) is 47.4 Å². The number of nitrogens with zero attached hydrogens (tertiary/aromatic N) is 1. The first-order valence-electron chi connectivity index (χ1n) is 9.54. The molecule has 6 nitrogen and oxygen atoms in total. The van der Waals surface area contributed by atoms with Gasteiger partial charge in [0.25, 0.3) is 5.91 Å². The maximum absolute atomic E-state index is 13.2. The second-order valence-electron chi connectivity index (χ2n) is 6.88. The molecule has 1 fully saturated rings. The molecular weight excluding hydrogens is 414 g/mol. The molecule has 8 heteroatoms. The molecule has 1 atom stereocenters. The highest BCUT2D eigenvalue weighted by Crippen LogP contribution is 2.23. The third kappa shape index (κ3) is 5.95. The molecule has 0 aliphatic carbocycles. The van der Waals surface area contributed by atoms with Gasteiger partial charge in [-0.1, -0.05) is 35.9 Å². The second-order valence-corrected chi connectivity index (χ2v) is 9.14. The molecule has 0 saturated carbocycles. The van der Waals surface area contributed by atoms with Crippen LogP contribution in [-0.4, -0.2) is 44.2 Å². The standard InChI is InChI=1S/C21H24ClNO5S/c1-2-29(25,26)28-17-8-5-7-16(13-17)14-23(15-18-9-6-12-27-18)21(24)19-10-3-4-11-20(19)22/h3-5,7-8,10-11,13,18H,2,6,9,12,14-15H2,1H3. The molecule has 156 valence electrons. The van der Waals surface area contributed by atoms with Crippen LogP contribution in [0.2, 0.25) is 5.02 Å². The van der Waals surface area contributed by atoms with Crippen LogP contribution >= 0.6 is 11.6 Å². The highest BCUT2D eigenvalue weighted by Gasteiger charge is 2.25. The third-order valence-electron chi connectivity index (χ3n) is 4.69. The summed E-state index contributed by atoms with van der Waals surface area (Å²) in [5, 5.41) is 0.390. The second kappa shape index (κ2) is 9.61. The molecule has 0 radical (unpaired) electrons. The zero-order valence-corrected chi connectivity index (χ0v) is 17.8. The van der Waals surface area contributed by atoms with Crippen LogP contribution in [0.5, 0.6) is 5.75 Å². The normalized spacial score (nSPS) is 16.6. The lowest BCUT2D eigenvalue weighted by molar-refractivity contribution is 0.0507. The van der Waals surface area contributed by atoms with Crippen LogP contribution in [0.4, 0.5) is 0 Å². The van der Waals surface area contributed by atoms with Crippen LogP contribution in [0, 0.1) is 0 Å². The van der Waals surface area contributed by atoms with Gasteiger partial charge >= 0.3 is 10.1 Å². The molecule has 1 aliphatic heterocycles. The van der Waals surface area contributed by atoms with Crippen molar-refractivity contribution in [2.45, 2.75) is 32.4 Å². The largest absolute Gasteiger partial charge is 0.382 e. The van der Waals surface area contributed by atoms with Crippen molar-refractivity contribution < 1.29 is 22.1 Å². The molecule has 1 saturated heterocycles. The quantitative estimate of drug-likeness (QED) is 0.586. The van der Waals surface area contributed by atoms with Gasteiger partial charge < -0.3 is 13.8 Å². The van der Waals surface area contributed by atoms with Crippen molar-refractivity contribution in [3.8, 4) is 5.75 Å². The van der Waals surface area contributed by atoms with E-state index in [-0.39, 0.29) is 30.1 Å². The van der Waals surface area contributed by atoms with E-state index in [0.29, 0.717) is 23.7 Å². The summed E-state index contributed by atoms with van der Waals surface area (Å²) >= 11 is 6.23. The average Bonchev–Trinajstić information content (AvgIpc) is 3.20. The van der Waals surface area contributed by atoms with Gasteiger partial charge in [0, 0.05) is 19.7 Å². The zero-order chi connectivity index (χ0) is 20.9. The Kier molecular flexibility index (Phi) is 7.16. The van der Waals surface area contributed by atoms with Crippen LogP contribution in [0.3, 0.4) is 0 Å². The number of ether oxygens (including phenoxy) is 1. The van der Waals surface area contributed by atoms with Crippen molar-refractivity contribution in [1.82, 2.24) is 4.90 Å². The SMILES string of the molecule is CCS(=O)(=O)Oc1cccc(CN(CC2CCCO2)C(=O)c2ccccc2Cl)c1. The van der Waals surface area contributed by atoms with Gasteiger partial charge in [0.1, 0.15) is 5.75 Å². The Morgan fingerprint density at radius 1 is 1.24 bits per heavy atom. The smallest absolute Gasteiger partial charge is 0.308 e. The summed E-state index contributed by atoms with van der Waals surface area (Å²) in [7, 11) is -3.62. The molecular formula is C21H24ClNO5S. The molecule has 2 aromatic rings. The van der Waals surface area contributed by atoms with Crippen molar-refractivity contribution in [1.29, 1.82) is 0 Å². The van der Waals surface area contributed by atoms with Gasteiger partial charge in [-0.2, -0.15) is 8.42 Å². The van der Waals surface area contributed by atoms with Crippen LogP contribution in [0.15, 0.2) is 48.5 Å². The molecule has 1 heterocycles. The van der Waals surface area contributed by atoms with Crippen LogP contribution < -0.4 is 4.18 Å². The Labute approximate surface area is 176 Å². The van der Waals surface area contributed by atoms with Crippen molar-refractivity contribution in [2.75, 3.05) is 18.9 Å². The van der Waals surface area contributed by atoms with Gasteiger partial charge in [-0.05, 0) is 49.6 Å². The summed E-state index contributed by atoms with van der Waals surface area (Å²) in [5.74, 6) is -0.0851. The Morgan fingerprint density at radius 2 is 2.03 bits per heavy atom. The average molecular weight is 438 g/mol. The van der Waals surface area contributed by atoms with E-state index in [1.807, 2.05) is 6.07 Å². The minimum atomic E-state index is -3.62. The van der Waals surface area contributed by atoms with E-state index in [4.69, 9.17) is 20.5 Å². The van der Waals surface area contributed by atoms with Crippen molar-refractivity contribution >= 4 is 27.6 Å². The number of rotatable bonds is 8.